The molecule has 30 heavy (non-hydrogen) atoms. The summed E-state index contributed by atoms with van der Waals surface area (Å²) in [6.45, 7) is 0.588. The van der Waals surface area contributed by atoms with Crippen LogP contribution in [0.4, 0.5) is 4.39 Å². The Labute approximate surface area is 181 Å². The number of carboxylic acid groups (broad SMARTS) is 1. The van der Waals surface area contributed by atoms with Crippen molar-refractivity contribution in [3.63, 3.8) is 0 Å². The molecule has 1 aromatic carbocycles. The standard InChI is InChI=1S/C23H37FN2O3.H3N/c1-26(2,3)18-20(17-23(28)29)25-22(27)16-10-8-6-4-5-7-9-13-19-14-11-12-15-21(19)24;/h11-12,14-15,20H,4-10,13,16-18H2,1-3H3,(H-,25,27,28,29);1H3/p+1/t20-;/m1./s1. The van der Waals surface area contributed by atoms with E-state index >= 15 is 0 Å². The Morgan fingerprint density at radius 3 is 2.13 bits per heavy atom. The highest BCUT2D eigenvalue weighted by Gasteiger charge is 2.22. The molecule has 1 atom stereocenters. The molecule has 0 aromatic heterocycles. The Balaban J connectivity index is 0.00000841. The number of carboxylic acids is 1. The van der Waals surface area contributed by atoms with Crippen LogP contribution in [0.1, 0.15) is 63.4 Å². The molecule has 5 N–H and O–H groups in total. The second kappa shape index (κ2) is 14.9. The summed E-state index contributed by atoms with van der Waals surface area (Å²) in [5, 5.41) is 11.9. The summed E-state index contributed by atoms with van der Waals surface area (Å²) < 4.78 is 14.1. The SMILES string of the molecule is C[N+](C)(C)C[C@@H](CC(=O)O)NC(=O)CCCCCCCCCc1ccccc1F.N. The predicted molar refractivity (Wildman–Crippen MR) is 119 cm³/mol. The topological polar surface area (TPSA) is 101 Å². The summed E-state index contributed by atoms with van der Waals surface area (Å²) in [7, 11) is 5.95. The molecule has 1 amide bonds. The molecule has 0 saturated heterocycles. The lowest BCUT2D eigenvalue weighted by molar-refractivity contribution is -0.871. The van der Waals surface area contributed by atoms with Gasteiger partial charge in [-0.25, -0.2) is 4.39 Å². The number of likely N-dealkylation sites (N-methyl/N-ethyl adjacent to an activating group) is 1. The van der Waals surface area contributed by atoms with Crippen molar-refractivity contribution < 1.29 is 23.6 Å². The van der Waals surface area contributed by atoms with Crippen molar-refractivity contribution in [3.8, 4) is 0 Å². The number of carbonyl (C=O) groups is 2. The fraction of sp³-hybridized carbons (Fsp3) is 0.652. The number of unbranched alkanes of at least 4 members (excludes halogenated alkanes) is 6. The first-order valence-electron chi connectivity index (χ1n) is 10.7. The van der Waals surface area contributed by atoms with Gasteiger partial charge in [0.15, 0.2) is 0 Å². The van der Waals surface area contributed by atoms with Gasteiger partial charge in [-0.1, -0.05) is 50.3 Å². The Morgan fingerprint density at radius 2 is 1.57 bits per heavy atom. The molecule has 0 aliphatic carbocycles. The van der Waals surface area contributed by atoms with Crippen LogP contribution in [0.3, 0.4) is 0 Å². The largest absolute Gasteiger partial charge is 0.481 e. The predicted octanol–water partition coefficient (Wildman–Crippen LogP) is 4.32. The molecule has 0 aliphatic rings. The number of amides is 1. The number of carbonyl (C=O) groups excluding carboxylic acids is 1. The van der Waals surface area contributed by atoms with E-state index in [9.17, 15) is 14.0 Å². The number of nitrogens with zero attached hydrogens (tertiary/aromatic N) is 1. The number of nitrogens with one attached hydrogen (secondary N) is 1. The molecule has 172 valence electrons. The van der Waals surface area contributed by atoms with Crippen LogP contribution in [-0.4, -0.2) is 55.2 Å². The van der Waals surface area contributed by atoms with Crippen LogP contribution in [0.15, 0.2) is 24.3 Å². The van der Waals surface area contributed by atoms with Crippen LogP contribution < -0.4 is 11.5 Å². The van der Waals surface area contributed by atoms with E-state index in [1.807, 2.05) is 33.3 Å². The molecule has 0 saturated carbocycles. The average Bonchev–Trinajstić information content (AvgIpc) is 2.59. The first-order valence-corrected chi connectivity index (χ1v) is 10.7. The fourth-order valence-electron chi connectivity index (χ4n) is 3.52. The lowest BCUT2D eigenvalue weighted by atomic mass is 10.0. The number of hydrogen-bond donors (Lipinski definition) is 3. The monoisotopic (exact) mass is 426 g/mol. The molecule has 1 aromatic rings. The van der Waals surface area contributed by atoms with Crippen LogP contribution in [0.2, 0.25) is 0 Å². The van der Waals surface area contributed by atoms with Gasteiger partial charge >= 0.3 is 5.97 Å². The zero-order valence-corrected chi connectivity index (χ0v) is 19.0. The van der Waals surface area contributed by atoms with E-state index in [1.165, 1.54) is 6.07 Å². The van der Waals surface area contributed by atoms with Gasteiger partial charge in [-0.2, -0.15) is 0 Å². The summed E-state index contributed by atoms with van der Waals surface area (Å²) in [4.78, 5) is 23.1. The number of halogens is 1. The molecule has 0 fully saturated rings. The normalized spacial score (nSPS) is 12.1. The highest BCUT2D eigenvalue weighted by atomic mass is 19.1. The van der Waals surface area contributed by atoms with Crippen molar-refractivity contribution in [1.82, 2.24) is 11.5 Å². The Kier molecular flexibility index (Phi) is 13.9. The molecule has 0 bridgehead atoms. The zero-order chi connectivity index (χ0) is 21.7. The second-order valence-corrected chi connectivity index (χ2v) is 8.90. The Hall–Kier alpha value is -1.99. The summed E-state index contributed by atoms with van der Waals surface area (Å²) in [6.07, 6.45) is 8.45. The minimum atomic E-state index is -0.890. The van der Waals surface area contributed by atoms with E-state index < -0.39 is 5.97 Å². The van der Waals surface area contributed by atoms with E-state index in [4.69, 9.17) is 5.11 Å². The minimum absolute atomic E-state index is 0. The molecular weight excluding hydrogens is 385 g/mol. The summed E-state index contributed by atoms with van der Waals surface area (Å²) in [5.74, 6) is -1.06. The molecule has 1 rings (SSSR count). The van der Waals surface area contributed by atoms with Gasteiger partial charge in [0, 0.05) is 6.42 Å². The quantitative estimate of drug-likeness (QED) is 0.287. The van der Waals surface area contributed by atoms with Crippen molar-refractivity contribution in [2.24, 2.45) is 0 Å². The van der Waals surface area contributed by atoms with Crippen LogP contribution in [-0.2, 0) is 16.0 Å². The van der Waals surface area contributed by atoms with E-state index in [0.717, 1.165) is 56.9 Å². The smallest absolute Gasteiger partial charge is 0.305 e. The first-order chi connectivity index (χ1) is 13.7. The molecular formula is C23H41FN3O3+. The highest BCUT2D eigenvalue weighted by molar-refractivity contribution is 5.77. The van der Waals surface area contributed by atoms with E-state index in [1.54, 1.807) is 6.07 Å². The number of hydrogen-bond acceptors (Lipinski definition) is 3. The number of benzene rings is 1. The summed E-state index contributed by atoms with van der Waals surface area (Å²) in [5.41, 5.74) is 0.796. The van der Waals surface area contributed by atoms with Crippen molar-refractivity contribution in [1.29, 1.82) is 0 Å². The molecule has 0 aliphatic heterocycles. The first kappa shape index (κ1) is 28.0. The van der Waals surface area contributed by atoms with Crippen LogP contribution in [0, 0.1) is 5.82 Å². The maximum absolute atomic E-state index is 13.5. The molecule has 6 nitrogen and oxygen atoms in total. The number of quaternary nitrogens is 1. The molecule has 0 radical (unpaired) electrons. The third kappa shape index (κ3) is 14.1. The number of rotatable bonds is 15. The van der Waals surface area contributed by atoms with Gasteiger partial charge in [0.25, 0.3) is 0 Å². The Bertz CT molecular complexity index is 632. The number of aliphatic carboxylic acids is 1. The van der Waals surface area contributed by atoms with Crippen molar-refractivity contribution >= 4 is 11.9 Å². The molecule has 0 unspecified atom stereocenters. The van der Waals surface area contributed by atoms with Gasteiger partial charge in [-0.05, 0) is 30.9 Å². The van der Waals surface area contributed by atoms with E-state index in [2.05, 4.69) is 5.32 Å². The average molecular weight is 427 g/mol. The summed E-state index contributed by atoms with van der Waals surface area (Å²) in [6, 6.07) is 6.62. The Morgan fingerprint density at radius 1 is 1.00 bits per heavy atom. The van der Waals surface area contributed by atoms with Gasteiger partial charge < -0.3 is 21.1 Å². The van der Waals surface area contributed by atoms with Gasteiger partial charge in [0.1, 0.15) is 5.82 Å². The van der Waals surface area contributed by atoms with Gasteiger partial charge in [0.2, 0.25) is 5.91 Å². The fourth-order valence-corrected chi connectivity index (χ4v) is 3.52. The van der Waals surface area contributed by atoms with Gasteiger partial charge in [-0.3, -0.25) is 9.59 Å². The van der Waals surface area contributed by atoms with E-state index in [0.29, 0.717) is 17.4 Å². The maximum atomic E-state index is 13.5. The second-order valence-electron chi connectivity index (χ2n) is 8.90. The van der Waals surface area contributed by atoms with E-state index in [-0.39, 0.29) is 30.3 Å². The van der Waals surface area contributed by atoms with Crippen LogP contribution >= 0.6 is 0 Å². The lowest BCUT2D eigenvalue weighted by Crippen LogP contribution is -2.49. The minimum Gasteiger partial charge on any atom is -0.481 e. The third-order valence-corrected chi connectivity index (χ3v) is 4.86. The third-order valence-electron chi connectivity index (χ3n) is 4.86. The zero-order valence-electron chi connectivity index (χ0n) is 19.0. The maximum Gasteiger partial charge on any atom is 0.305 e. The van der Waals surface area contributed by atoms with Gasteiger partial charge in [0.05, 0.1) is 40.2 Å². The molecule has 0 heterocycles. The molecule has 7 heteroatoms. The van der Waals surface area contributed by atoms with Gasteiger partial charge in [-0.15, -0.1) is 0 Å². The van der Waals surface area contributed by atoms with Crippen molar-refractivity contribution in [3.05, 3.63) is 35.6 Å². The van der Waals surface area contributed by atoms with Crippen molar-refractivity contribution in [2.75, 3.05) is 27.7 Å². The van der Waals surface area contributed by atoms with Crippen molar-refractivity contribution in [2.45, 2.75) is 70.3 Å². The highest BCUT2D eigenvalue weighted by Crippen LogP contribution is 2.13. The van der Waals surface area contributed by atoms with Crippen LogP contribution in [0.25, 0.3) is 0 Å². The van der Waals surface area contributed by atoms with Crippen LogP contribution in [0.5, 0.6) is 0 Å². The lowest BCUT2D eigenvalue weighted by Gasteiger charge is -2.29. The number of aryl methyl sites for hydroxylation is 1. The molecule has 0 spiro atoms. The summed E-state index contributed by atoms with van der Waals surface area (Å²) >= 11 is 0.